The van der Waals surface area contributed by atoms with Crippen molar-refractivity contribution in [2.75, 3.05) is 11.0 Å². The Morgan fingerprint density at radius 1 is 1.44 bits per heavy atom. The summed E-state index contributed by atoms with van der Waals surface area (Å²) in [4.78, 5) is 0. The molecular formula is C8H8ClNO5S. The highest BCUT2D eigenvalue weighted by atomic mass is 35.5. The number of anilines is 1. The van der Waals surface area contributed by atoms with Crippen LogP contribution in [0.1, 0.15) is 5.56 Å². The van der Waals surface area contributed by atoms with Gasteiger partial charge in [-0.3, -0.25) is 8.97 Å². The fraction of sp³-hybridized carbons (Fsp3) is 0.250. The Labute approximate surface area is 97.1 Å². The number of aliphatic hydroxyl groups is 1. The summed E-state index contributed by atoms with van der Waals surface area (Å²) in [5.41, 5.74) is 0.609. The molecule has 1 aliphatic rings. The average Bonchev–Trinajstić information content (AvgIpc) is 2.37. The average molecular weight is 266 g/mol. The molecule has 2 N–H and O–H groups in total. The van der Waals surface area contributed by atoms with E-state index < -0.39 is 16.2 Å². The summed E-state index contributed by atoms with van der Waals surface area (Å²) >= 11 is 5.77. The molecule has 0 bridgehead atoms. The summed E-state index contributed by atoms with van der Waals surface area (Å²) in [7, 11) is -4.77. The third-order valence-corrected chi connectivity index (χ3v) is 2.97. The number of para-hydroxylation sites is 1. The lowest BCUT2D eigenvalue weighted by atomic mass is 10.1. The second-order valence-corrected chi connectivity index (χ2v) is 4.76. The van der Waals surface area contributed by atoms with Gasteiger partial charge < -0.3 is 5.11 Å². The zero-order valence-electron chi connectivity index (χ0n) is 7.87. The van der Waals surface area contributed by atoms with Crippen molar-refractivity contribution in [3.05, 3.63) is 29.8 Å². The summed E-state index contributed by atoms with van der Waals surface area (Å²) in [6, 6.07) is 6.32. The number of rotatable bonds is 2. The quantitative estimate of drug-likeness (QED) is 0.463. The van der Waals surface area contributed by atoms with Crippen molar-refractivity contribution in [3.8, 4) is 0 Å². The molecule has 0 fully saturated rings. The molecule has 16 heavy (non-hydrogen) atoms. The van der Waals surface area contributed by atoms with Gasteiger partial charge in [-0.2, -0.15) is 8.42 Å². The molecule has 88 valence electrons. The second-order valence-electron chi connectivity index (χ2n) is 3.33. The second kappa shape index (κ2) is 3.57. The van der Waals surface area contributed by atoms with Gasteiger partial charge >= 0.3 is 10.4 Å². The van der Waals surface area contributed by atoms with Gasteiger partial charge in [0.05, 0.1) is 12.2 Å². The van der Waals surface area contributed by atoms with Crippen LogP contribution in [0, 0.1) is 0 Å². The Balaban J connectivity index is 2.47. The first-order chi connectivity index (χ1) is 7.32. The lowest BCUT2D eigenvalue weighted by molar-refractivity contribution is -0.130. The van der Waals surface area contributed by atoms with Crippen LogP contribution >= 0.6 is 11.8 Å². The smallest absolute Gasteiger partial charge is 0.359 e. The van der Waals surface area contributed by atoms with Gasteiger partial charge in [-0.05, 0) is 6.07 Å². The van der Waals surface area contributed by atoms with E-state index in [2.05, 4.69) is 4.18 Å². The number of hydrogen-bond acceptors (Lipinski definition) is 5. The van der Waals surface area contributed by atoms with Crippen molar-refractivity contribution in [1.82, 2.24) is 0 Å². The lowest BCUT2D eigenvalue weighted by Gasteiger charge is -2.20. The van der Waals surface area contributed by atoms with Crippen molar-refractivity contribution in [3.63, 3.8) is 0 Å². The predicted octanol–water partition coefficient (Wildman–Crippen LogP) is 0.625. The van der Waals surface area contributed by atoms with Gasteiger partial charge in [-0.25, -0.2) is 4.18 Å². The van der Waals surface area contributed by atoms with Crippen molar-refractivity contribution in [1.29, 1.82) is 0 Å². The maximum absolute atomic E-state index is 10.6. The molecule has 8 heteroatoms. The molecule has 0 saturated heterocycles. The van der Waals surface area contributed by atoms with E-state index in [0.29, 0.717) is 5.69 Å². The van der Waals surface area contributed by atoms with Crippen molar-refractivity contribution >= 4 is 27.9 Å². The van der Waals surface area contributed by atoms with Gasteiger partial charge in [0.2, 0.25) is 5.79 Å². The fourth-order valence-electron chi connectivity index (χ4n) is 1.62. The number of hydrogen-bond donors (Lipinski definition) is 2. The summed E-state index contributed by atoms with van der Waals surface area (Å²) in [6.45, 7) is -0.298. The molecule has 6 nitrogen and oxygen atoms in total. The Morgan fingerprint density at radius 3 is 2.69 bits per heavy atom. The SMILES string of the molecule is O=S(=O)(O)OC1(O)CN(Cl)c2ccccc21. The highest BCUT2D eigenvalue weighted by Crippen LogP contribution is 2.41. The van der Waals surface area contributed by atoms with E-state index >= 15 is 0 Å². The number of fused-ring (bicyclic) bond motifs is 1. The van der Waals surface area contributed by atoms with Crippen LogP contribution in [0.4, 0.5) is 5.69 Å². The number of β-amino-alcohol motifs (C(OH)–C–C–N with tert-alkyl or cyclic N) is 1. The molecule has 0 amide bonds. The van der Waals surface area contributed by atoms with E-state index in [9.17, 15) is 13.5 Å². The Morgan fingerprint density at radius 2 is 2.06 bits per heavy atom. The van der Waals surface area contributed by atoms with Crippen molar-refractivity contribution in [2.24, 2.45) is 0 Å². The highest BCUT2D eigenvalue weighted by molar-refractivity contribution is 7.80. The topological polar surface area (TPSA) is 87.1 Å². The first kappa shape index (κ1) is 11.6. The van der Waals surface area contributed by atoms with Crippen molar-refractivity contribution in [2.45, 2.75) is 5.79 Å². The summed E-state index contributed by atoms with van der Waals surface area (Å²) in [5.74, 6) is -2.16. The predicted molar refractivity (Wildman–Crippen MR) is 56.2 cm³/mol. The molecule has 1 aromatic rings. The molecule has 0 aliphatic carbocycles. The van der Waals surface area contributed by atoms with Crippen LogP contribution in [0.2, 0.25) is 0 Å². The van der Waals surface area contributed by atoms with Gasteiger partial charge in [-0.15, -0.1) is 0 Å². The van der Waals surface area contributed by atoms with Crippen LogP contribution in [0.25, 0.3) is 0 Å². The van der Waals surface area contributed by atoms with Crippen LogP contribution in [-0.4, -0.2) is 24.6 Å². The van der Waals surface area contributed by atoms with E-state index in [4.69, 9.17) is 16.3 Å². The van der Waals surface area contributed by atoms with Crippen LogP contribution in [0.5, 0.6) is 0 Å². The summed E-state index contributed by atoms with van der Waals surface area (Å²) in [5, 5.41) is 9.96. The maximum atomic E-state index is 10.6. The van der Waals surface area contributed by atoms with E-state index in [-0.39, 0.29) is 12.1 Å². The van der Waals surface area contributed by atoms with Gasteiger partial charge in [-0.1, -0.05) is 18.2 Å². The largest absolute Gasteiger partial charge is 0.400 e. The van der Waals surface area contributed by atoms with Gasteiger partial charge in [0.25, 0.3) is 0 Å². The standard InChI is InChI=1S/C8H8ClNO5S/c9-10-5-8(11,15-16(12,13)14)6-3-1-2-4-7(6)10/h1-4,11H,5H2,(H,12,13,14). The van der Waals surface area contributed by atoms with E-state index in [0.717, 1.165) is 4.42 Å². The normalized spacial score (nSPS) is 24.6. The van der Waals surface area contributed by atoms with Crippen LogP contribution in [0.3, 0.4) is 0 Å². The molecule has 1 unspecified atom stereocenters. The van der Waals surface area contributed by atoms with Crippen LogP contribution < -0.4 is 4.42 Å². The van der Waals surface area contributed by atoms with Crippen LogP contribution in [-0.2, 0) is 20.4 Å². The first-order valence-electron chi connectivity index (χ1n) is 4.25. The molecule has 0 spiro atoms. The molecule has 0 saturated carbocycles. The Kier molecular flexibility index (Phi) is 2.59. The van der Waals surface area contributed by atoms with Gasteiger partial charge in [0, 0.05) is 17.3 Å². The minimum Gasteiger partial charge on any atom is -0.359 e. The summed E-state index contributed by atoms with van der Waals surface area (Å²) in [6.07, 6.45) is 0. The maximum Gasteiger partial charge on any atom is 0.400 e. The third kappa shape index (κ3) is 2.00. The monoisotopic (exact) mass is 265 g/mol. The third-order valence-electron chi connectivity index (χ3n) is 2.18. The lowest BCUT2D eigenvalue weighted by Crippen LogP contribution is -2.35. The molecule has 1 aromatic carbocycles. The number of benzene rings is 1. The summed E-state index contributed by atoms with van der Waals surface area (Å²) < 4.78 is 35.2. The van der Waals surface area contributed by atoms with E-state index in [1.165, 1.54) is 6.07 Å². The van der Waals surface area contributed by atoms with Gasteiger partial charge in [0.15, 0.2) is 0 Å². The minimum atomic E-state index is -4.77. The zero-order valence-corrected chi connectivity index (χ0v) is 9.44. The molecule has 0 radical (unpaired) electrons. The molecule has 1 aliphatic heterocycles. The van der Waals surface area contributed by atoms with E-state index in [1.807, 2.05) is 0 Å². The molecule has 0 aromatic heterocycles. The Hall–Kier alpha value is -0.860. The Bertz CT molecular complexity index is 519. The van der Waals surface area contributed by atoms with Crippen LogP contribution in [0.15, 0.2) is 24.3 Å². The zero-order chi connectivity index (χ0) is 12.0. The number of halogens is 1. The molecule has 1 heterocycles. The molecular weight excluding hydrogens is 258 g/mol. The highest BCUT2D eigenvalue weighted by Gasteiger charge is 2.45. The minimum absolute atomic E-state index is 0.183. The van der Waals surface area contributed by atoms with E-state index in [1.54, 1.807) is 18.2 Å². The molecule has 1 atom stereocenters. The first-order valence-corrected chi connectivity index (χ1v) is 5.95. The van der Waals surface area contributed by atoms with Crippen molar-refractivity contribution < 1.29 is 22.3 Å². The number of nitrogens with zero attached hydrogens (tertiary/aromatic N) is 1. The van der Waals surface area contributed by atoms with Gasteiger partial charge in [0.1, 0.15) is 0 Å². The fourth-order valence-corrected chi connectivity index (χ4v) is 2.42. The molecule has 2 rings (SSSR count).